The summed E-state index contributed by atoms with van der Waals surface area (Å²) >= 11 is 3.31. The molecular formula is C9H10BrNO2. The van der Waals surface area contributed by atoms with Gasteiger partial charge in [-0.2, -0.15) is 0 Å². The molecule has 0 amide bonds. The number of aliphatic hydroxyl groups excluding tert-OH is 1. The van der Waals surface area contributed by atoms with Crippen molar-refractivity contribution in [1.29, 1.82) is 0 Å². The summed E-state index contributed by atoms with van der Waals surface area (Å²) in [5.41, 5.74) is 1.08. The third-order valence-electron chi connectivity index (χ3n) is 1.51. The van der Waals surface area contributed by atoms with Crippen molar-refractivity contribution in [3.63, 3.8) is 0 Å². The molecule has 0 radical (unpaired) electrons. The zero-order valence-corrected chi connectivity index (χ0v) is 8.78. The number of hydrogen-bond donors (Lipinski definition) is 1. The highest BCUT2D eigenvalue weighted by Crippen LogP contribution is 2.29. The van der Waals surface area contributed by atoms with E-state index in [0.717, 1.165) is 23.0 Å². The van der Waals surface area contributed by atoms with Gasteiger partial charge in [0, 0.05) is 18.9 Å². The lowest BCUT2D eigenvalue weighted by Gasteiger charge is -2.12. The zero-order valence-electron chi connectivity index (χ0n) is 7.20. The molecule has 1 aliphatic rings. The summed E-state index contributed by atoms with van der Waals surface area (Å²) in [6.07, 6.45) is 5.77. The summed E-state index contributed by atoms with van der Waals surface area (Å²) in [5.74, 6) is 0.843. The molecule has 3 nitrogen and oxygen atoms in total. The highest BCUT2D eigenvalue weighted by atomic mass is 79.9. The second-order valence-electron chi connectivity index (χ2n) is 2.23. The number of hydrogen-bond acceptors (Lipinski definition) is 3. The number of aromatic nitrogens is 1. The Morgan fingerprint density at radius 2 is 2.31 bits per heavy atom. The van der Waals surface area contributed by atoms with Crippen LogP contribution in [-0.4, -0.2) is 23.8 Å². The van der Waals surface area contributed by atoms with Gasteiger partial charge in [0.2, 0.25) is 0 Å². The van der Waals surface area contributed by atoms with E-state index in [1.807, 2.05) is 18.2 Å². The quantitative estimate of drug-likeness (QED) is 0.708. The van der Waals surface area contributed by atoms with Gasteiger partial charge in [-0.05, 0) is 28.1 Å². The zero-order chi connectivity index (χ0) is 9.68. The molecule has 0 saturated heterocycles. The highest BCUT2D eigenvalue weighted by Gasteiger charge is 2.08. The monoisotopic (exact) mass is 243 g/mol. The van der Waals surface area contributed by atoms with Gasteiger partial charge in [-0.25, -0.2) is 4.98 Å². The first-order valence-electron chi connectivity index (χ1n) is 3.76. The maximum atomic E-state index is 7.00. The van der Waals surface area contributed by atoms with E-state index in [-0.39, 0.29) is 0 Å². The maximum absolute atomic E-state index is 7.00. The van der Waals surface area contributed by atoms with Crippen LogP contribution in [0.15, 0.2) is 22.9 Å². The van der Waals surface area contributed by atoms with Crippen molar-refractivity contribution in [2.75, 3.05) is 13.7 Å². The van der Waals surface area contributed by atoms with E-state index in [4.69, 9.17) is 9.84 Å². The average Bonchev–Trinajstić information content (AvgIpc) is 2.22. The summed E-state index contributed by atoms with van der Waals surface area (Å²) < 4.78 is 6.14. The van der Waals surface area contributed by atoms with Gasteiger partial charge in [-0.15, -0.1) is 0 Å². The van der Waals surface area contributed by atoms with Crippen LogP contribution in [0.3, 0.4) is 0 Å². The van der Waals surface area contributed by atoms with Crippen LogP contribution in [-0.2, 0) is 0 Å². The predicted molar refractivity (Wildman–Crippen MR) is 54.6 cm³/mol. The van der Waals surface area contributed by atoms with Gasteiger partial charge in [0.15, 0.2) is 5.75 Å². The van der Waals surface area contributed by atoms with Crippen molar-refractivity contribution < 1.29 is 9.84 Å². The van der Waals surface area contributed by atoms with Crippen LogP contribution < -0.4 is 4.74 Å². The molecule has 1 aromatic rings. The van der Waals surface area contributed by atoms with E-state index in [1.165, 1.54) is 0 Å². The lowest BCUT2D eigenvalue weighted by molar-refractivity contribution is 0.354. The molecule has 0 atom stereocenters. The van der Waals surface area contributed by atoms with Crippen molar-refractivity contribution in [3.05, 3.63) is 28.5 Å². The minimum Gasteiger partial charge on any atom is -0.486 e. The normalized spacial score (nSPS) is 12.2. The molecule has 0 fully saturated rings. The van der Waals surface area contributed by atoms with E-state index in [9.17, 15) is 0 Å². The fourth-order valence-electron chi connectivity index (χ4n) is 1.02. The summed E-state index contributed by atoms with van der Waals surface area (Å²) in [6.45, 7) is 0.636. The van der Waals surface area contributed by atoms with Crippen LogP contribution in [0.2, 0.25) is 0 Å². The van der Waals surface area contributed by atoms with E-state index < -0.39 is 0 Å². The number of fused-ring (bicyclic) bond motifs is 1. The Kier molecular flexibility index (Phi) is 3.92. The van der Waals surface area contributed by atoms with Crippen LogP contribution in [0.5, 0.6) is 5.75 Å². The van der Waals surface area contributed by atoms with Crippen molar-refractivity contribution in [1.82, 2.24) is 4.98 Å². The Morgan fingerprint density at radius 3 is 3.00 bits per heavy atom. The van der Waals surface area contributed by atoms with Gasteiger partial charge in [0.05, 0.1) is 0 Å². The molecule has 1 aliphatic heterocycles. The van der Waals surface area contributed by atoms with Crippen LogP contribution >= 0.6 is 15.9 Å². The largest absolute Gasteiger partial charge is 0.486 e. The van der Waals surface area contributed by atoms with Crippen molar-refractivity contribution in [3.8, 4) is 5.75 Å². The molecule has 4 heteroatoms. The second-order valence-corrected chi connectivity index (χ2v) is 2.98. The van der Waals surface area contributed by atoms with Crippen LogP contribution in [0.1, 0.15) is 5.56 Å². The molecule has 0 spiro atoms. The van der Waals surface area contributed by atoms with Crippen LogP contribution in [0, 0.1) is 0 Å². The van der Waals surface area contributed by atoms with Crippen molar-refractivity contribution in [2.24, 2.45) is 0 Å². The molecule has 0 unspecified atom stereocenters. The fourth-order valence-corrected chi connectivity index (χ4v) is 1.48. The minimum atomic E-state index is 0.636. The van der Waals surface area contributed by atoms with Gasteiger partial charge >= 0.3 is 0 Å². The molecule has 0 aliphatic carbocycles. The smallest absolute Gasteiger partial charge is 0.159 e. The molecule has 0 aromatic carbocycles. The molecule has 13 heavy (non-hydrogen) atoms. The molecule has 1 aromatic heterocycles. The summed E-state index contributed by atoms with van der Waals surface area (Å²) in [7, 11) is 1.00. The number of halogens is 1. The summed E-state index contributed by atoms with van der Waals surface area (Å²) in [5, 5.41) is 7.00. The van der Waals surface area contributed by atoms with E-state index in [1.54, 1.807) is 6.20 Å². The van der Waals surface area contributed by atoms with Crippen molar-refractivity contribution in [2.45, 2.75) is 0 Å². The summed E-state index contributed by atoms with van der Waals surface area (Å²) in [4.78, 5) is 4.05. The SMILES string of the molecule is Brc1nccc2c1OCC=C2.CO. The standard InChI is InChI=1S/C8H6BrNO.CH4O/c9-8-7-6(3-4-10-8)2-1-5-11-7;1-2/h1-4H,5H2;2H,1H3. The summed E-state index contributed by atoms with van der Waals surface area (Å²) in [6, 6.07) is 1.93. The third kappa shape index (κ3) is 2.29. The Hall–Kier alpha value is -0.870. The van der Waals surface area contributed by atoms with Gasteiger partial charge in [0.25, 0.3) is 0 Å². The second kappa shape index (κ2) is 4.99. The predicted octanol–water partition coefficient (Wildman–Crippen LogP) is 1.86. The van der Waals surface area contributed by atoms with Crippen molar-refractivity contribution >= 4 is 22.0 Å². The molecular weight excluding hydrogens is 234 g/mol. The average molecular weight is 244 g/mol. The third-order valence-corrected chi connectivity index (χ3v) is 2.08. The molecule has 2 heterocycles. The highest BCUT2D eigenvalue weighted by molar-refractivity contribution is 9.10. The number of aliphatic hydroxyl groups is 1. The van der Waals surface area contributed by atoms with Gasteiger partial charge in [0.1, 0.15) is 11.2 Å². The topological polar surface area (TPSA) is 42.4 Å². The number of rotatable bonds is 0. The van der Waals surface area contributed by atoms with E-state index in [2.05, 4.69) is 20.9 Å². The number of nitrogens with zero attached hydrogens (tertiary/aromatic N) is 1. The molecule has 2 rings (SSSR count). The van der Waals surface area contributed by atoms with E-state index >= 15 is 0 Å². The maximum Gasteiger partial charge on any atom is 0.159 e. The van der Waals surface area contributed by atoms with E-state index in [0.29, 0.717) is 6.61 Å². The van der Waals surface area contributed by atoms with Gasteiger partial charge < -0.3 is 9.84 Å². The van der Waals surface area contributed by atoms with Crippen LogP contribution in [0.25, 0.3) is 6.08 Å². The molecule has 0 saturated carbocycles. The first-order valence-corrected chi connectivity index (χ1v) is 4.56. The number of ether oxygens (including phenoxy) is 1. The first-order chi connectivity index (χ1) is 6.38. The Labute approximate surface area is 85.2 Å². The Morgan fingerprint density at radius 1 is 1.54 bits per heavy atom. The van der Waals surface area contributed by atoms with Gasteiger partial charge in [-0.3, -0.25) is 0 Å². The first kappa shape index (κ1) is 10.2. The number of pyridine rings is 1. The van der Waals surface area contributed by atoms with Gasteiger partial charge in [-0.1, -0.05) is 6.08 Å². The molecule has 70 valence electrons. The molecule has 1 N–H and O–H groups in total. The fraction of sp³-hybridized carbons (Fsp3) is 0.222. The van der Waals surface area contributed by atoms with Crippen LogP contribution in [0.4, 0.5) is 0 Å². The minimum absolute atomic E-state index is 0.636. The molecule has 0 bridgehead atoms. The lowest BCUT2D eigenvalue weighted by Crippen LogP contribution is -2.01. The lowest BCUT2D eigenvalue weighted by atomic mass is 10.2. The Balaban J connectivity index is 0.000000396. The Bertz CT molecular complexity index is 312.